The Morgan fingerprint density at radius 2 is 2.00 bits per heavy atom. The molecule has 2 aromatic rings. The Morgan fingerprint density at radius 1 is 1.25 bits per heavy atom. The molecule has 0 amide bonds. The second kappa shape index (κ2) is 6.40. The van der Waals surface area contributed by atoms with Gasteiger partial charge in [0.15, 0.2) is 0 Å². The first-order valence-corrected chi connectivity index (χ1v) is 7.07. The molecule has 20 heavy (non-hydrogen) atoms. The molecule has 0 fully saturated rings. The Balaban J connectivity index is 2.40. The fourth-order valence-corrected chi connectivity index (χ4v) is 2.24. The van der Waals surface area contributed by atoms with Crippen LogP contribution < -0.4 is 4.74 Å². The summed E-state index contributed by atoms with van der Waals surface area (Å²) in [6.45, 7) is -0.248. The van der Waals surface area contributed by atoms with Gasteiger partial charge >= 0.3 is 5.69 Å². The Hall–Kier alpha value is -2.05. The molecule has 0 aliphatic rings. The van der Waals surface area contributed by atoms with Gasteiger partial charge in [0, 0.05) is 11.0 Å². The summed E-state index contributed by atoms with van der Waals surface area (Å²) in [7, 11) is 0. The van der Waals surface area contributed by atoms with Crippen molar-refractivity contribution in [2.24, 2.45) is 0 Å². The number of nitro benzene ring substituents is 1. The number of para-hydroxylation sites is 1. The standard InChI is InChI=1S/C14H13NO4S/c1-20-14-5-3-2-4-13(14)19-12-7-6-10(9-16)8-11(12)15(17)18/h2-8,16H,9H2,1H3. The van der Waals surface area contributed by atoms with Crippen LogP contribution >= 0.6 is 11.8 Å². The summed E-state index contributed by atoms with van der Waals surface area (Å²) in [4.78, 5) is 11.5. The maximum atomic E-state index is 11.1. The van der Waals surface area contributed by atoms with E-state index in [4.69, 9.17) is 9.84 Å². The Kier molecular flexibility index (Phi) is 4.60. The second-order valence-electron chi connectivity index (χ2n) is 3.97. The number of aliphatic hydroxyl groups excluding tert-OH is 1. The van der Waals surface area contributed by atoms with Crippen LogP contribution in [0.15, 0.2) is 47.4 Å². The molecule has 0 aliphatic heterocycles. The van der Waals surface area contributed by atoms with Gasteiger partial charge in [-0.05, 0) is 30.0 Å². The van der Waals surface area contributed by atoms with Gasteiger partial charge in [-0.3, -0.25) is 10.1 Å². The van der Waals surface area contributed by atoms with Crippen LogP contribution in [0, 0.1) is 10.1 Å². The monoisotopic (exact) mass is 291 g/mol. The number of hydrogen-bond acceptors (Lipinski definition) is 5. The summed E-state index contributed by atoms with van der Waals surface area (Å²) >= 11 is 1.50. The van der Waals surface area contributed by atoms with Crippen LogP contribution in [0.4, 0.5) is 5.69 Å². The van der Waals surface area contributed by atoms with E-state index in [0.717, 1.165) is 4.90 Å². The van der Waals surface area contributed by atoms with Crippen molar-refractivity contribution in [3.05, 3.63) is 58.1 Å². The molecule has 1 N–H and O–H groups in total. The van der Waals surface area contributed by atoms with E-state index in [9.17, 15) is 10.1 Å². The third-order valence-electron chi connectivity index (χ3n) is 2.69. The van der Waals surface area contributed by atoms with Crippen LogP contribution in [-0.4, -0.2) is 16.3 Å². The van der Waals surface area contributed by atoms with Gasteiger partial charge in [-0.1, -0.05) is 18.2 Å². The molecule has 0 aromatic heterocycles. The molecule has 0 unspecified atom stereocenters. The maximum absolute atomic E-state index is 11.1. The van der Waals surface area contributed by atoms with Crippen molar-refractivity contribution in [1.82, 2.24) is 0 Å². The summed E-state index contributed by atoms with van der Waals surface area (Å²) in [6, 6.07) is 11.7. The normalized spacial score (nSPS) is 10.3. The zero-order valence-corrected chi connectivity index (χ0v) is 11.6. The molecule has 5 nitrogen and oxygen atoms in total. The summed E-state index contributed by atoms with van der Waals surface area (Å²) < 4.78 is 5.65. The zero-order chi connectivity index (χ0) is 14.5. The van der Waals surface area contributed by atoms with Crippen LogP contribution in [-0.2, 0) is 6.61 Å². The Morgan fingerprint density at radius 3 is 2.65 bits per heavy atom. The number of aliphatic hydroxyl groups is 1. The maximum Gasteiger partial charge on any atom is 0.311 e. The van der Waals surface area contributed by atoms with E-state index >= 15 is 0 Å². The minimum absolute atomic E-state index is 0.160. The lowest BCUT2D eigenvalue weighted by molar-refractivity contribution is -0.385. The van der Waals surface area contributed by atoms with Gasteiger partial charge in [0.05, 0.1) is 11.5 Å². The SMILES string of the molecule is CSc1ccccc1Oc1ccc(CO)cc1[N+](=O)[O-]. The highest BCUT2D eigenvalue weighted by atomic mass is 32.2. The molecule has 0 heterocycles. The molecular weight excluding hydrogens is 278 g/mol. The van der Waals surface area contributed by atoms with Crippen molar-refractivity contribution in [2.45, 2.75) is 11.5 Å². The molecule has 6 heteroatoms. The molecule has 0 bridgehead atoms. The third kappa shape index (κ3) is 3.09. The smallest absolute Gasteiger partial charge is 0.311 e. The van der Waals surface area contributed by atoms with E-state index in [1.165, 1.54) is 23.9 Å². The average molecular weight is 291 g/mol. The second-order valence-corrected chi connectivity index (χ2v) is 4.82. The summed E-state index contributed by atoms with van der Waals surface area (Å²) in [6.07, 6.45) is 1.91. The predicted molar refractivity (Wildman–Crippen MR) is 77.3 cm³/mol. The van der Waals surface area contributed by atoms with Crippen molar-refractivity contribution in [1.29, 1.82) is 0 Å². The summed E-state index contributed by atoms with van der Waals surface area (Å²) in [5, 5.41) is 20.1. The first kappa shape index (κ1) is 14.4. The van der Waals surface area contributed by atoms with E-state index in [1.807, 2.05) is 24.5 Å². The molecule has 0 atom stereocenters. The zero-order valence-electron chi connectivity index (χ0n) is 10.8. The van der Waals surface area contributed by atoms with Gasteiger partial charge in [0.25, 0.3) is 0 Å². The van der Waals surface area contributed by atoms with E-state index in [2.05, 4.69) is 0 Å². The van der Waals surface area contributed by atoms with Crippen molar-refractivity contribution in [3.63, 3.8) is 0 Å². The van der Waals surface area contributed by atoms with Gasteiger partial charge < -0.3 is 9.84 Å². The fraction of sp³-hybridized carbons (Fsp3) is 0.143. The van der Waals surface area contributed by atoms with Crippen molar-refractivity contribution < 1.29 is 14.8 Å². The van der Waals surface area contributed by atoms with E-state index in [0.29, 0.717) is 11.3 Å². The molecule has 104 valence electrons. The number of nitro groups is 1. The van der Waals surface area contributed by atoms with Gasteiger partial charge in [-0.15, -0.1) is 11.8 Å². The number of thioether (sulfide) groups is 1. The number of rotatable bonds is 5. The molecule has 0 aliphatic carbocycles. The van der Waals surface area contributed by atoms with Crippen molar-refractivity contribution in [3.8, 4) is 11.5 Å². The van der Waals surface area contributed by atoms with Gasteiger partial charge in [0.2, 0.25) is 5.75 Å². The lowest BCUT2D eigenvalue weighted by atomic mass is 10.2. The lowest BCUT2D eigenvalue weighted by Gasteiger charge is -2.10. The van der Waals surface area contributed by atoms with Crippen molar-refractivity contribution >= 4 is 17.4 Å². The predicted octanol–water partition coefficient (Wildman–Crippen LogP) is 3.60. The molecule has 0 radical (unpaired) electrons. The average Bonchev–Trinajstić information content (AvgIpc) is 2.48. The first-order chi connectivity index (χ1) is 9.65. The molecule has 0 saturated heterocycles. The van der Waals surface area contributed by atoms with Gasteiger partial charge in [-0.25, -0.2) is 0 Å². The number of nitrogens with zero attached hydrogens (tertiary/aromatic N) is 1. The third-order valence-corrected chi connectivity index (χ3v) is 3.47. The molecular formula is C14H13NO4S. The molecule has 0 spiro atoms. The largest absolute Gasteiger partial charge is 0.449 e. The quantitative estimate of drug-likeness (QED) is 0.517. The highest BCUT2D eigenvalue weighted by Gasteiger charge is 2.17. The number of hydrogen-bond donors (Lipinski definition) is 1. The van der Waals surface area contributed by atoms with Gasteiger partial charge in [0.1, 0.15) is 5.75 Å². The van der Waals surface area contributed by atoms with Gasteiger partial charge in [-0.2, -0.15) is 0 Å². The van der Waals surface area contributed by atoms with Crippen LogP contribution in [0.5, 0.6) is 11.5 Å². The van der Waals surface area contributed by atoms with E-state index in [-0.39, 0.29) is 18.0 Å². The number of ether oxygens (including phenoxy) is 1. The molecule has 0 saturated carbocycles. The van der Waals surface area contributed by atoms with Crippen molar-refractivity contribution in [2.75, 3.05) is 6.26 Å². The minimum atomic E-state index is -0.518. The van der Waals surface area contributed by atoms with Crippen LogP contribution in [0.2, 0.25) is 0 Å². The molecule has 2 aromatic carbocycles. The summed E-state index contributed by atoms with van der Waals surface area (Å²) in [5.41, 5.74) is 0.314. The first-order valence-electron chi connectivity index (χ1n) is 5.84. The molecule has 2 rings (SSSR count). The van der Waals surface area contributed by atoms with E-state index < -0.39 is 4.92 Å². The lowest BCUT2D eigenvalue weighted by Crippen LogP contribution is -1.96. The minimum Gasteiger partial charge on any atom is -0.449 e. The fourth-order valence-electron chi connectivity index (χ4n) is 1.71. The van der Waals surface area contributed by atoms with Crippen LogP contribution in [0.1, 0.15) is 5.56 Å². The van der Waals surface area contributed by atoms with Crippen LogP contribution in [0.3, 0.4) is 0 Å². The van der Waals surface area contributed by atoms with Crippen LogP contribution in [0.25, 0.3) is 0 Å². The highest BCUT2D eigenvalue weighted by Crippen LogP contribution is 2.36. The van der Waals surface area contributed by atoms with E-state index in [1.54, 1.807) is 12.1 Å². The number of benzene rings is 2. The Labute approximate surface area is 120 Å². The summed E-state index contributed by atoms with van der Waals surface area (Å²) in [5.74, 6) is 0.730. The highest BCUT2D eigenvalue weighted by molar-refractivity contribution is 7.98. The Bertz CT molecular complexity index is 630. The topological polar surface area (TPSA) is 72.6 Å².